The maximum Gasteiger partial charge on any atom is 0.315 e. The van der Waals surface area contributed by atoms with Crippen molar-refractivity contribution in [3.63, 3.8) is 0 Å². The predicted molar refractivity (Wildman–Crippen MR) is 86.8 cm³/mol. The van der Waals surface area contributed by atoms with E-state index in [2.05, 4.69) is 34.4 Å². The van der Waals surface area contributed by atoms with Crippen molar-refractivity contribution in [2.24, 2.45) is 0 Å². The van der Waals surface area contributed by atoms with Crippen molar-refractivity contribution in [2.75, 3.05) is 24.5 Å². The van der Waals surface area contributed by atoms with Gasteiger partial charge in [0.15, 0.2) is 0 Å². The lowest BCUT2D eigenvalue weighted by Crippen LogP contribution is -2.49. The Balaban J connectivity index is 1.75. The summed E-state index contributed by atoms with van der Waals surface area (Å²) in [6, 6.07) is 3.69. The van der Waals surface area contributed by atoms with Crippen molar-refractivity contribution < 1.29 is 9.90 Å². The van der Waals surface area contributed by atoms with Crippen molar-refractivity contribution in [3.8, 4) is 0 Å². The summed E-state index contributed by atoms with van der Waals surface area (Å²) >= 11 is 0. The lowest BCUT2D eigenvalue weighted by atomic mass is 9.80. The van der Waals surface area contributed by atoms with Gasteiger partial charge in [-0.05, 0) is 44.7 Å². The molecule has 0 aromatic carbocycles. The Morgan fingerprint density at radius 1 is 1.32 bits per heavy atom. The molecule has 6 heteroatoms. The topological polar surface area (TPSA) is 77.5 Å². The molecular weight excluding hydrogens is 280 g/mol. The number of hydrogen-bond donors (Lipinski definition) is 3. The SMILES string of the molecule is CCN(CC)c1ccc(CNC(=O)NCC2(O)CCC2)cn1. The molecule has 0 bridgehead atoms. The number of urea groups is 1. The van der Waals surface area contributed by atoms with Gasteiger partial charge in [-0.1, -0.05) is 6.07 Å². The molecule has 1 fully saturated rings. The Hall–Kier alpha value is -1.82. The van der Waals surface area contributed by atoms with Gasteiger partial charge in [-0.2, -0.15) is 0 Å². The minimum Gasteiger partial charge on any atom is -0.388 e. The summed E-state index contributed by atoms with van der Waals surface area (Å²) in [5.74, 6) is 0.949. The highest BCUT2D eigenvalue weighted by Gasteiger charge is 2.34. The minimum atomic E-state index is -0.690. The minimum absolute atomic E-state index is 0.256. The highest BCUT2D eigenvalue weighted by atomic mass is 16.3. The summed E-state index contributed by atoms with van der Waals surface area (Å²) in [5, 5.41) is 15.4. The zero-order valence-electron chi connectivity index (χ0n) is 13.4. The second-order valence-corrected chi connectivity index (χ2v) is 5.81. The number of anilines is 1. The van der Waals surface area contributed by atoms with Crippen LogP contribution >= 0.6 is 0 Å². The molecule has 6 nitrogen and oxygen atoms in total. The third kappa shape index (κ3) is 4.34. The first-order valence-electron chi connectivity index (χ1n) is 8.00. The van der Waals surface area contributed by atoms with Crippen molar-refractivity contribution in [1.82, 2.24) is 15.6 Å². The zero-order valence-corrected chi connectivity index (χ0v) is 13.4. The van der Waals surface area contributed by atoms with Crippen LogP contribution in [0.4, 0.5) is 10.6 Å². The normalized spacial score (nSPS) is 15.8. The molecule has 1 saturated carbocycles. The maximum atomic E-state index is 11.7. The van der Waals surface area contributed by atoms with E-state index in [-0.39, 0.29) is 6.03 Å². The first kappa shape index (κ1) is 16.5. The van der Waals surface area contributed by atoms with Crippen molar-refractivity contribution >= 4 is 11.8 Å². The number of nitrogens with one attached hydrogen (secondary N) is 2. The number of aromatic nitrogens is 1. The maximum absolute atomic E-state index is 11.7. The molecule has 1 aliphatic carbocycles. The molecule has 0 spiro atoms. The van der Waals surface area contributed by atoms with E-state index >= 15 is 0 Å². The molecular formula is C16H26N4O2. The number of nitrogens with zero attached hydrogens (tertiary/aromatic N) is 2. The average molecular weight is 306 g/mol. The Morgan fingerprint density at radius 3 is 2.55 bits per heavy atom. The van der Waals surface area contributed by atoms with Gasteiger partial charge in [-0.25, -0.2) is 9.78 Å². The Kier molecular flexibility index (Phi) is 5.60. The molecule has 3 N–H and O–H groups in total. The van der Waals surface area contributed by atoms with Crippen molar-refractivity contribution in [2.45, 2.75) is 45.3 Å². The number of amides is 2. The molecule has 0 aliphatic heterocycles. The molecule has 0 radical (unpaired) electrons. The van der Waals surface area contributed by atoms with Crippen LogP contribution in [0.3, 0.4) is 0 Å². The van der Waals surface area contributed by atoms with Gasteiger partial charge >= 0.3 is 6.03 Å². The van der Waals surface area contributed by atoms with E-state index < -0.39 is 5.60 Å². The van der Waals surface area contributed by atoms with E-state index in [1.54, 1.807) is 6.20 Å². The van der Waals surface area contributed by atoms with Crippen LogP contribution < -0.4 is 15.5 Å². The van der Waals surface area contributed by atoms with Gasteiger partial charge in [-0.3, -0.25) is 0 Å². The second-order valence-electron chi connectivity index (χ2n) is 5.81. The molecule has 2 amide bonds. The standard InChI is InChI=1S/C16H26N4O2/c1-3-20(4-2)14-7-6-13(10-17-14)11-18-15(21)19-12-16(22)8-5-9-16/h6-7,10,22H,3-5,8-9,11-12H2,1-2H3,(H2,18,19,21). The number of carbonyl (C=O) groups is 1. The number of pyridine rings is 1. The third-order valence-electron chi connectivity index (χ3n) is 4.21. The molecule has 1 aromatic heterocycles. The fourth-order valence-corrected chi connectivity index (χ4v) is 2.51. The van der Waals surface area contributed by atoms with Gasteiger partial charge in [0.1, 0.15) is 5.82 Å². The summed E-state index contributed by atoms with van der Waals surface area (Å²) in [7, 11) is 0. The molecule has 0 unspecified atom stereocenters. The lowest BCUT2D eigenvalue weighted by Gasteiger charge is -2.36. The smallest absolute Gasteiger partial charge is 0.315 e. The molecule has 0 atom stereocenters. The summed E-state index contributed by atoms with van der Waals surface area (Å²) in [5.41, 5.74) is 0.262. The van der Waals surface area contributed by atoms with Crippen LogP contribution in [-0.4, -0.2) is 41.4 Å². The van der Waals surface area contributed by atoms with E-state index in [0.29, 0.717) is 13.1 Å². The molecule has 1 aliphatic rings. The van der Waals surface area contributed by atoms with Gasteiger partial charge in [0.05, 0.1) is 5.60 Å². The fraction of sp³-hybridized carbons (Fsp3) is 0.625. The molecule has 22 heavy (non-hydrogen) atoms. The van der Waals surface area contributed by atoms with Gasteiger partial charge in [-0.15, -0.1) is 0 Å². The number of carbonyl (C=O) groups excluding carboxylic acids is 1. The van der Waals surface area contributed by atoms with Gasteiger partial charge < -0.3 is 20.6 Å². The van der Waals surface area contributed by atoms with Gasteiger partial charge in [0, 0.05) is 32.4 Å². The van der Waals surface area contributed by atoms with Crippen molar-refractivity contribution in [3.05, 3.63) is 23.9 Å². The summed E-state index contributed by atoms with van der Waals surface area (Å²) in [6.45, 7) is 6.79. The van der Waals surface area contributed by atoms with Crippen LogP contribution in [0.25, 0.3) is 0 Å². The van der Waals surface area contributed by atoms with E-state index in [0.717, 1.165) is 43.7 Å². The van der Waals surface area contributed by atoms with E-state index in [9.17, 15) is 9.90 Å². The van der Waals surface area contributed by atoms with E-state index in [1.165, 1.54) is 0 Å². The van der Waals surface area contributed by atoms with Crippen LogP contribution in [0.15, 0.2) is 18.3 Å². The molecule has 1 aromatic rings. The van der Waals surface area contributed by atoms with Gasteiger partial charge in [0.25, 0.3) is 0 Å². The Morgan fingerprint density at radius 2 is 2.05 bits per heavy atom. The van der Waals surface area contributed by atoms with Crippen LogP contribution in [0, 0.1) is 0 Å². The summed E-state index contributed by atoms with van der Waals surface area (Å²) in [6.07, 6.45) is 4.35. The molecule has 2 rings (SSSR count). The first-order chi connectivity index (χ1) is 10.6. The predicted octanol–water partition coefficient (Wildman–Crippen LogP) is 1.64. The third-order valence-corrected chi connectivity index (χ3v) is 4.21. The number of rotatable bonds is 7. The highest BCUT2D eigenvalue weighted by Crippen LogP contribution is 2.30. The average Bonchev–Trinajstić information content (AvgIpc) is 2.51. The van der Waals surface area contributed by atoms with Crippen LogP contribution in [-0.2, 0) is 6.54 Å². The van der Waals surface area contributed by atoms with Crippen LogP contribution in [0.5, 0.6) is 0 Å². The Bertz CT molecular complexity index is 481. The Labute approximate surface area is 131 Å². The molecule has 122 valence electrons. The largest absolute Gasteiger partial charge is 0.388 e. The summed E-state index contributed by atoms with van der Waals surface area (Å²) < 4.78 is 0. The van der Waals surface area contributed by atoms with E-state index in [1.807, 2.05) is 12.1 Å². The number of aliphatic hydroxyl groups is 1. The van der Waals surface area contributed by atoms with Gasteiger partial charge in [0.2, 0.25) is 0 Å². The van der Waals surface area contributed by atoms with Crippen LogP contribution in [0.1, 0.15) is 38.7 Å². The lowest BCUT2D eigenvalue weighted by molar-refractivity contribution is -0.0290. The van der Waals surface area contributed by atoms with Crippen molar-refractivity contribution in [1.29, 1.82) is 0 Å². The quantitative estimate of drug-likeness (QED) is 0.716. The number of hydrogen-bond acceptors (Lipinski definition) is 4. The van der Waals surface area contributed by atoms with Crippen LogP contribution in [0.2, 0.25) is 0 Å². The molecule has 0 saturated heterocycles. The second kappa shape index (κ2) is 7.45. The van der Waals surface area contributed by atoms with E-state index in [4.69, 9.17) is 0 Å². The monoisotopic (exact) mass is 306 g/mol. The highest BCUT2D eigenvalue weighted by molar-refractivity contribution is 5.73. The molecule has 1 heterocycles. The first-order valence-corrected chi connectivity index (χ1v) is 8.00. The fourth-order valence-electron chi connectivity index (χ4n) is 2.51. The summed E-state index contributed by atoms with van der Waals surface area (Å²) in [4.78, 5) is 18.3. The zero-order chi connectivity index (χ0) is 16.0.